The molecule has 0 heterocycles. The van der Waals surface area contributed by atoms with Crippen molar-refractivity contribution >= 4 is 17.3 Å². The molecule has 0 atom stereocenters. The van der Waals surface area contributed by atoms with Crippen LogP contribution in [0, 0.1) is 5.92 Å². The lowest BCUT2D eigenvalue weighted by Gasteiger charge is -2.23. The molecule has 0 radical (unpaired) electrons. The molecule has 17 heavy (non-hydrogen) atoms. The molecular weight excluding hydrogens is 232 g/mol. The number of hydrogen-bond donors (Lipinski definition) is 1. The van der Waals surface area contributed by atoms with Gasteiger partial charge in [-0.15, -0.1) is 0 Å². The Kier molecular flexibility index (Phi) is 5.79. The van der Waals surface area contributed by atoms with E-state index < -0.39 is 0 Å². The molecule has 0 unspecified atom stereocenters. The molecule has 1 N–H and O–H groups in total. The highest BCUT2D eigenvalue weighted by Crippen LogP contribution is 2.24. The lowest BCUT2D eigenvalue weighted by atomic mass is 10.1. The molecule has 0 aliphatic heterocycles. The predicted molar refractivity (Wildman–Crippen MR) is 76.9 cm³/mol. The first-order chi connectivity index (χ1) is 8.04. The van der Waals surface area contributed by atoms with E-state index in [1.54, 1.807) is 0 Å². The molecule has 96 valence electrons. The molecule has 0 saturated carbocycles. The number of hydrogen-bond acceptors (Lipinski definition) is 2. The van der Waals surface area contributed by atoms with Crippen molar-refractivity contribution in [2.24, 2.45) is 5.92 Å². The minimum Gasteiger partial charge on any atom is -0.374 e. The zero-order valence-corrected chi connectivity index (χ0v) is 12.0. The van der Waals surface area contributed by atoms with Gasteiger partial charge in [0, 0.05) is 30.8 Å². The number of benzene rings is 1. The van der Waals surface area contributed by atoms with Crippen LogP contribution in [-0.2, 0) is 6.54 Å². The van der Waals surface area contributed by atoms with Crippen LogP contribution in [0.3, 0.4) is 0 Å². The maximum absolute atomic E-state index is 6.04. The van der Waals surface area contributed by atoms with E-state index in [2.05, 4.69) is 37.2 Å². The Morgan fingerprint density at radius 2 is 2.06 bits per heavy atom. The highest BCUT2D eigenvalue weighted by molar-refractivity contribution is 6.30. The highest BCUT2D eigenvalue weighted by Gasteiger charge is 2.08. The summed E-state index contributed by atoms with van der Waals surface area (Å²) in [6, 6.07) is 6.11. The maximum Gasteiger partial charge on any atom is 0.0410 e. The van der Waals surface area contributed by atoms with Crippen LogP contribution >= 0.6 is 11.6 Å². The van der Waals surface area contributed by atoms with Gasteiger partial charge in [-0.05, 0) is 43.1 Å². The number of nitrogens with zero attached hydrogens (tertiary/aromatic N) is 1. The van der Waals surface area contributed by atoms with E-state index >= 15 is 0 Å². The first-order valence-electron chi connectivity index (χ1n) is 6.18. The van der Waals surface area contributed by atoms with Gasteiger partial charge in [-0.1, -0.05) is 25.4 Å². The average Bonchev–Trinajstić information content (AvgIpc) is 2.26. The number of anilines is 1. The van der Waals surface area contributed by atoms with Crippen LogP contribution in [0.5, 0.6) is 0 Å². The third-order valence-corrected chi connectivity index (χ3v) is 3.10. The van der Waals surface area contributed by atoms with Gasteiger partial charge >= 0.3 is 0 Å². The molecule has 0 bridgehead atoms. The summed E-state index contributed by atoms with van der Waals surface area (Å²) in [5, 5.41) is 3.99. The smallest absolute Gasteiger partial charge is 0.0410 e. The summed E-state index contributed by atoms with van der Waals surface area (Å²) in [5.41, 5.74) is 2.52. The summed E-state index contributed by atoms with van der Waals surface area (Å²) >= 11 is 6.04. The normalized spacial score (nSPS) is 10.9. The summed E-state index contributed by atoms with van der Waals surface area (Å²) in [7, 11) is 4.10. The number of nitrogens with one attached hydrogen (secondary N) is 1. The van der Waals surface area contributed by atoms with Gasteiger partial charge in [-0.3, -0.25) is 0 Å². The molecule has 0 amide bonds. The Balaban J connectivity index is 2.80. The van der Waals surface area contributed by atoms with Crippen molar-refractivity contribution in [1.29, 1.82) is 0 Å². The van der Waals surface area contributed by atoms with Gasteiger partial charge in [-0.2, -0.15) is 0 Å². The summed E-state index contributed by atoms with van der Waals surface area (Å²) in [6.45, 7) is 6.44. The van der Waals surface area contributed by atoms with Crippen molar-refractivity contribution in [3.63, 3.8) is 0 Å². The minimum absolute atomic E-state index is 0.734. The summed E-state index contributed by atoms with van der Waals surface area (Å²) in [6.07, 6.45) is 1.21. The van der Waals surface area contributed by atoms with E-state index in [1.165, 1.54) is 17.7 Å². The van der Waals surface area contributed by atoms with E-state index in [0.717, 1.165) is 24.0 Å². The molecule has 2 nitrogen and oxygen atoms in total. The van der Waals surface area contributed by atoms with Crippen LogP contribution in [0.15, 0.2) is 18.2 Å². The SMILES string of the molecule is CNCc1cc(Cl)ccc1N(C)CCC(C)C. The fourth-order valence-electron chi connectivity index (χ4n) is 1.83. The van der Waals surface area contributed by atoms with Gasteiger partial charge in [0.15, 0.2) is 0 Å². The first kappa shape index (κ1) is 14.3. The fourth-order valence-corrected chi connectivity index (χ4v) is 2.03. The standard InChI is InChI=1S/C14H23ClN2/c1-11(2)7-8-17(4)14-6-5-13(15)9-12(14)10-16-3/h5-6,9,11,16H,7-8,10H2,1-4H3. The summed E-state index contributed by atoms with van der Waals surface area (Å²) in [4.78, 5) is 2.31. The zero-order chi connectivity index (χ0) is 12.8. The Labute approximate surface area is 110 Å². The monoisotopic (exact) mass is 254 g/mol. The van der Waals surface area contributed by atoms with Crippen molar-refractivity contribution in [3.05, 3.63) is 28.8 Å². The second-order valence-corrected chi connectivity index (χ2v) is 5.34. The zero-order valence-electron chi connectivity index (χ0n) is 11.3. The Morgan fingerprint density at radius 3 is 2.65 bits per heavy atom. The Morgan fingerprint density at radius 1 is 1.35 bits per heavy atom. The van der Waals surface area contributed by atoms with Crippen LogP contribution in [0.25, 0.3) is 0 Å². The highest BCUT2D eigenvalue weighted by atomic mass is 35.5. The fraction of sp³-hybridized carbons (Fsp3) is 0.571. The van der Waals surface area contributed by atoms with Crippen LogP contribution in [0.1, 0.15) is 25.8 Å². The van der Waals surface area contributed by atoms with Gasteiger partial charge in [0.05, 0.1) is 0 Å². The second kappa shape index (κ2) is 6.87. The van der Waals surface area contributed by atoms with Gasteiger partial charge in [0.25, 0.3) is 0 Å². The van der Waals surface area contributed by atoms with E-state index in [0.29, 0.717) is 0 Å². The summed E-state index contributed by atoms with van der Waals surface area (Å²) < 4.78 is 0. The Hall–Kier alpha value is -0.730. The van der Waals surface area contributed by atoms with Crippen molar-refractivity contribution in [1.82, 2.24) is 5.32 Å². The largest absolute Gasteiger partial charge is 0.374 e. The minimum atomic E-state index is 0.734. The third-order valence-electron chi connectivity index (χ3n) is 2.86. The number of halogens is 1. The average molecular weight is 255 g/mol. The van der Waals surface area contributed by atoms with Gasteiger partial charge in [0.2, 0.25) is 0 Å². The van der Waals surface area contributed by atoms with Gasteiger partial charge < -0.3 is 10.2 Å². The molecule has 0 aromatic heterocycles. The molecule has 3 heteroatoms. The van der Waals surface area contributed by atoms with E-state index in [1.807, 2.05) is 19.2 Å². The van der Waals surface area contributed by atoms with Gasteiger partial charge in [0.1, 0.15) is 0 Å². The topological polar surface area (TPSA) is 15.3 Å². The number of rotatable bonds is 6. The van der Waals surface area contributed by atoms with E-state index in [4.69, 9.17) is 11.6 Å². The van der Waals surface area contributed by atoms with Crippen molar-refractivity contribution < 1.29 is 0 Å². The van der Waals surface area contributed by atoms with Crippen LogP contribution in [-0.4, -0.2) is 20.6 Å². The van der Waals surface area contributed by atoms with Crippen LogP contribution in [0.2, 0.25) is 5.02 Å². The molecule has 1 aromatic carbocycles. The quantitative estimate of drug-likeness (QED) is 0.835. The lowest BCUT2D eigenvalue weighted by Crippen LogP contribution is -2.22. The lowest BCUT2D eigenvalue weighted by molar-refractivity contribution is 0.584. The molecular formula is C14H23ClN2. The molecule has 0 spiro atoms. The van der Waals surface area contributed by atoms with Gasteiger partial charge in [-0.25, -0.2) is 0 Å². The second-order valence-electron chi connectivity index (χ2n) is 4.91. The van der Waals surface area contributed by atoms with Crippen molar-refractivity contribution in [3.8, 4) is 0 Å². The van der Waals surface area contributed by atoms with Crippen LogP contribution < -0.4 is 10.2 Å². The first-order valence-corrected chi connectivity index (χ1v) is 6.56. The predicted octanol–water partition coefficient (Wildman–Crippen LogP) is 3.54. The molecule has 0 aliphatic carbocycles. The molecule has 0 saturated heterocycles. The van der Waals surface area contributed by atoms with E-state index in [9.17, 15) is 0 Å². The Bertz CT molecular complexity index is 350. The van der Waals surface area contributed by atoms with Crippen LogP contribution in [0.4, 0.5) is 5.69 Å². The van der Waals surface area contributed by atoms with Crippen molar-refractivity contribution in [2.45, 2.75) is 26.8 Å². The summed E-state index contributed by atoms with van der Waals surface area (Å²) in [5.74, 6) is 0.734. The molecule has 1 aromatic rings. The third kappa shape index (κ3) is 4.57. The maximum atomic E-state index is 6.04. The molecule has 0 aliphatic rings. The van der Waals surface area contributed by atoms with E-state index in [-0.39, 0.29) is 0 Å². The molecule has 0 fully saturated rings. The molecule has 1 rings (SSSR count). The van der Waals surface area contributed by atoms with Crippen molar-refractivity contribution in [2.75, 3.05) is 25.5 Å².